The highest BCUT2D eigenvalue weighted by Gasteiger charge is 2.44. The molecule has 3 rings (SSSR count). The zero-order valence-corrected chi connectivity index (χ0v) is 25.7. The Hall–Kier alpha value is -4.39. The maximum atomic E-state index is 14.0. The minimum absolute atomic E-state index is 0.0432. The van der Waals surface area contributed by atoms with E-state index in [0.717, 1.165) is 5.56 Å². The molecule has 44 heavy (non-hydrogen) atoms. The molecular weight excluding hydrogens is 568 g/mol. The predicted octanol–water partition coefficient (Wildman–Crippen LogP) is 1.54. The molecule has 13 nitrogen and oxygen atoms in total. The lowest BCUT2D eigenvalue weighted by Gasteiger charge is -2.32. The zero-order valence-electron chi connectivity index (χ0n) is 25.7. The number of carbonyl (C=O) groups excluding carboxylic acids is 4. The molecule has 2 heterocycles. The largest absolute Gasteiger partial charge is 0.480 e. The summed E-state index contributed by atoms with van der Waals surface area (Å²) in [6, 6.07) is 5.30. The van der Waals surface area contributed by atoms with Crippen LogP contribution in [0.5, 0.6) is 0 Å². The third-order valence-electron chi connectivity index (χ3n) is 7.46. The average molecular weight is 611 g/mol. The second-order valence-electron chi connectivity index (χ2n) is 11.5. The molecule has 1 fully saturated rings. The maximum absolute atomic E-state index is 14.0. The van der Waals surface area contributed by atoms with Crippen LogP contribution < -0.4 is 16.0 Å². The first-order valence-electron chi connectivity index (χ1n) is 14.8. The van der Waals surface area contributed by atoms with Gasteiger partial charge in [-0.2, -0.15) is 0 Å². The molecule has 1 aromatic heterocycles. The van der Waals surface area contributed by atoms with Crippen LogP contribution in [0.15, 0.2) is 48.9 Å². The highest BCUT2D eigenvalue weighted by Crippen LogP contribution is 2.25. The number of nitrogens with one attached hydrogen (secondary N) is 3. The van der Waals surface area contributed by atoms with Gasteiger partial charge in [0.15, 0.2) is 0 Å². The Labute approximate surface area is 257 Å². The van der Waals surface area contributed by atoms with Crippen molar-refractivity contribution in [1.29, 1.82) is 0 Å². The summed E-state index contributed by atoms with van der Waals surface area (Å²) in [5.41, 5.74) is 0.965. The minimum atomic E-state index is -1.18. The molecule has 4 N–H and O–H groups in total. The van der Waals surface area contributed by atoms with Crippen LogP contribution in [-0.4, -0.2) is 86.4 Å². The van der Waals surface area contributed by atoms with Crippen molar-refractivity contribution in [3.63, 3.8) is 0 Å². The second kappa shape index (κ2) is 15.9. The lowest BCUT2D eigenvalue weighted by Crippen LogP contribution is -2.59. The number of nitrogens with zero attached hydrogens (tertiary/aromatic N) is 3. The SMILES string of the molecule is CC[C@H](NC(=O)[C@@H]1C[C@@H](OCc2ccccc2)CN1C(=O)[C@H](NC(=O)[C@H](NC(=O)c1cnccn1)C(C)C)C(C)C)C(=O)O. The molecule has 13 heteroatoms. The van der Waals surface area contributed by atoms with E-state index in [1.54, 1.807) is 34.6 Å². The Morgan fingerprint density at radius 3 is 2.23 bits per heavy atom. The number of ether oxygens (including phenoxy) is 1. The van der Waals surface area contributed by atoms with E-state index in [1.165, 1.54) is 23.5 Å². The Kier molecular flexibility index (Phi) is 12.3. The van der Waals surface area contributed by atoms with Gasteiger partial charge in [-0.25, -0.2) is 9.78 Å². The van der Waals surface area contributed by atoms with E-state index >= 15 is 0 Å². The van der Waals surface area contributed by atoms with Crippen LogP contribution in [0, 0.1) is 11.8 Å². The van der Waals surface area contributed by atoms with E-state index in [2.05, 4.69) is 25.9 Å². The van der Waals surface area contributed by atoms with Gasteiger partial charge in [0, 0.05) is 25.4 Å². The quantitative estimate of drug-likeness (QED) is 0.247. The van der Waals surface area contributed by atoms with Gasteiger partial charge < -0.3 is 30.7 Å². The monoisotopic (exact) mass is 610 g/mol. The average Bonchev–Trinajstić information content (AvgIpc) is 3.44. The predicted molar refractivity (Wildman–Crippen MR) is 160 cm³/mol. The number of carbonyl (C=O) groups is 5. The van der Waals surface area contributed by atoms with Crippen molar-refractivity contribution in [2.24, 2.45) is 11.8 Å². The summed E-state index contributed by atoms with van der Waals surface area (Å²) in [7, 11) is 0. The molecule has 0 radical (unpaired) electrons. The van der Waals surface area contributed by atoms with Crippen LogP contribution in [0.2, 0.25) is 0 Å². The standard InChI is InChI=1S/C31H42N6O7/c1-6-22(31(42)43)34-28(39)24-14-21(44-17-20-10-8-7-9-11-20)16-37(24)30(41)26(19(4)5)36-29(40)25(18(2)3)35-27(38)23-15-32-12-13-33-23/h7-13,15,18-19,21-22,24-26H,6,14,16-17H2,1-5H3,(H,34,39)(H,35,38)(H,36,40)(H,42,43)/t21-,22+,24+,25-,26-/m1/s1. The number of hydrogen-bond donors (Lipinski definition) is 4. The van der Waals surface area contributed by atoms with Crippen molar-refractivity contribution in [3.05, 3.63) is 60.2 Å². The number of rotatable bonds is 14. The first kappa shape index (κ1) is 34.1. The molecule has 0 aliphatic carbocycles. The number of aromatic nitrogens is 2. The van der Waals surface area contributed by atoms with Crippen LogP contribution in [0.4, 0.5) is 0 Å². The molecule has 1 aliphatic rings. The van der Waals surface area contributed by atoms with E-state index in [4.69, 9.17) is 4.74 Å². The van der Waals surface area contributed by atoms with E-state index < -0.39 is 59.9 Å². The smallest absolute Gasteiger partial charge is 0.326 e. The topological polar surface area (TPSA) is 180 Å². The molecule has 0 saturated carbocycles. The zero-order chi connectivity index (χ0) is 32.4. The van der Waals surface area contributed by atoms with Gasteiger partial charge >= 0.3 is 5.97 Å². The minimum Gasteiger partial charge on any atom is -0.480 e. The summed E-state index contributed by atoms with van der Waals surface area (Å²) in [4.78, 5) is 74.4. The molecule has 238 valence electrons. The van der Waals surface area contributed by atoms with Crippen LogP contribution >= 0.6 is 0 Å². The molecule has 1 aromatic carbocycles. The van der Waals surface area contributed by atoms with Crippen molar-refractivity contribution < 1.29 is 33.8 Å². The highest BCUT2D eigenvalue weighted by molar-refractivity contribution is 5.98. The fourth-order valence-corrected chi connectivity index (χ4v) is 4.91. The molecule has 0 spiro atoms. The summed E-state index contributed by atoms with van der Waals surface area (Å²) in [5, 5.41) is 17.5. The third-order valence-corrected chi connectivity index (χ3v) is 7.46. The molecule has 0 unspecified atom stereocenters. The first-order valence-corrected chi connectivity index (χ1v) is 14.8. The summed E-state index contributed by atoms with van der Waals surface area (Å²) in [6.45, 7) is 9.02. The number of hydrogen-bond acceptors (Lipinski definition) is 8. The van der Waals surface area contributed by atoms with Gasteiger partial charge in [-0.05, 0) is 23.8 Å². The Morgan fingerprint density at radius 2 is 1.66 bits per heavy atom. The normalized spacial score (nSPS) is 18.4. The van der Waals surface area contributed by atoms with Crippen LogP contribution in [0.1, 0.15) is 63.5 Å². The molecular formula is C31H42N6O7. The van der Waals surface area contributed by atoms with Crippen molar-refractivity contribution in [3.8, 4) is 0 Å². The Morgan fingerprint density at radius 1 is 0.977 bits per heavy atom. The van der Waals surface area contributed by atoms with Gasteiger partial charge in [0.25, 0.3) is 5.91 Å². The number of carboxylic acids is 1. The summed E-state index contributed by atoms with van der Waals surface area (Å²) in [6.07, 6.45) is 3.89. The molecule has 0 bridgehead atoms. The molecule has 2 aromatic rings. The van der Waals surface area contributed by atoms with E-state index in [0.29, 0.717) is 0 Å². The number of likely N-dealkylation sites (tertiary alicyclic amines) is 1. The van der Waals surface area contributed by atoms with Crippen LogP contribution in [0.3, 0.4) is 0 Å². The Bertz CT molecular complexity index is 1290. The van der Waals surface area contributed by atoms with Crippen molar-refractivity contribution >= 4 is 29.6 Å². The molecule has 4 amide bonds. The number of aliphatic carboxylic acids is 1. The van der Waals surface area contributed by atoms with Gasteiger partial charge in [0.2, 0.25) is 17.7 Å². The van der Waals surface area contributed by atoms with Crippen LogP contribution in [0.25, 0.3) is 0 Å². The summed E-state index contributed by atoms with van der Waals surface area (Å²) < 4.78 is 6.07. The molecule has 1 saturated heterocycles. The van der Waals surface area contributed by atoms with E-state index in [9.17, 15) is 29.1 Å². The highest BCUT2D eigenvalue weighted by atomic mass is 16.5. The lowest BCUT2D eigenvalue weighted by molar-refractivity contribution is -0.145. The summed E-state index contributed by atoms with van der Waals surface area (Å²) >= 11 is 0. The maximum Gasteiger partial charge on any atom is 0.326 e. The van der Waals surface area contributed by atoms with Crippen LogP contribution in [-0.2, 0) is 30.5 Å². The Balaban J connectivity index is 1.80. The molecule has 1 aliphatic heterocycles. The van der Waals surface area contributed by atoms with Crippen molar-refractivity contribution in [1.82, 2.24) is 30.8 Å². The van der Waals surface area contributed by atoms with E-state index in [-0.39, 0.29) is 43.5 Å². The fraction of sp³-hybridized carbons (Fsp3) is 0.516. The van der Waals surface area contributed by atoms with Gasteiger partial charge in [0.1, 0.15) is 29.9 Å². The van der Waals surface area contributed by atoms with Crippen molar-refractivity contribution in [2.45, 2.75) is 84.3 Å². The fourth-order valence-electron chi connectivity index (χ4n) is 4.91. The lowest BCUT2D eigenvalue weighted by atomic mass is 9.98. The third kappa shape index (κ3) is 9.06. The number of carboxylic acid groups (broad SMARTS) is 1. The summed E-state index contributed by atoms with van der Waals surface area (Å²) in [5.74, 6) is -4.17. The van der Waals surface area contributed by atoms with Gasteiger partial charge in [-0.1, -0.05) is 65.0 Å². The second-order valence-corrected chi connectivity index (χ2v) is 11.5. The van der Waals surface area contributed by atoms with Crippen molar-refractivity contribution in [2.75, 3.05) is 6.54 Å². The van der Waals surface area contributed by atoms with Gasteiger partial charge in [-0.3, -0.25) is 24.2 Å². The number of benzene rings is 1. The van der Waals surface area contributed by atoms with Gasteiger partial charge in [0.05, 0.1) is 18.9 Å². The first-order chi connectivity index (χ1) is 20.9. The van der Waals surface area contributed by atoms with E-state index in [1.807, 2.05) is 30.3 Å². The van der Waals surface area contributed by atoms with Gasteiger partial charge in [-0.15, -0.1) is 0 Å². The number of amides is 4. The molecule has 5 atom stereocenters.